The molecule has 0 aliphatic heterocycles. The van der Waals surface area contributed by atoms with Gasteiger partial charge in [-0.25, -0.2) is 4.79 Å². The Morgan fingerprint density at radius 3 is 1.50 bits per heavy atom. The number of carbonyl (C=O) groups is 1. The number of ether oxygens (including phenoxy) is 2. The second-order valence-corrected chi connectivity index (χ2v) is 6.90. The van der Waals surface area contributed by atoms with Crippen LogP contribution in [0.4, 0.5) is 4.79 Å². The lowest BCUT2D eigenvalue weighted by Crippen LogP contribution is -2.39. The molecule has 0 aromatic heterocycles. The lowest BCUT2D eigenvalue weighted by atomic mass is 10.1. The Morgan fingerprint density at radius 2 is 1.03 bits per heavy atom. The molecular weight excluding hydrogens is 376 g/mol. The number of amides is 2. The van der Waals surface area contributed by atoms with E-state index in [1.807, 2.05) is 72.8 Å². The van der Waals surface area contributed by atoms with Gasteiger partial charge in [0.05, 0.1) is 13.1 Å². The highest BCUT2D eigenvalue weighted by molar-refractivity contribution is 5.84. The van der Waals surface area contributed by atoms with Crippen LogP contribution >= 0.6 is 0 Å². The predicted molar refractivity (Wildman–Crippen MR) is 120 cm³/mol. The fourth-order valence-electron chi connectivity index (χ4n) is 3.24. The second kappa shape index (κ2) is 9.65. The van der Waals surface area contributed by atoms with Crippen LogP contribution < -0.4 is 20.1 Å². The van der Waals surface area contributed by atoms with E-state index >= 15 is 0 Å². The first-order valence-electron chi connectivity index (χ1n) is 10.0. The number of rotatable bonds is 8. The Hall–Kier alpha value is -3.73. The molecule has 0 atom stereocenters. The normalized spacial score (nSPS) is 10.7. The molecule has 30 heavy (non-hydrogen) atoms. The molecule has 0 saturated heterocycles. The number of hydrogen-bond acceptors (Lipinski definition) is 3. The van der Waals surface area contributed by atoms with Gasteiger partial charge in [-0.15, -0.1) is 0 Å². The molecule has 5 heteroatoms. The van der Waals surface area contributed by atoms with Crippen molar-refractivity contribution in [3.05, 3.63) is 84.9 Å². The van der Waals surface area contributed by atoms with Gasteiger partial charge >= 0.3 is 6.03 Å². The van der Waals surface area contributed by atoms with Crippen molar-refractivity contribution < 1.29 is 14.3 Å². The minimum absolute atomic E-state index is 0.237. The molecule has 0 aliphatic rings. The molecule has 0 radical (unpaired) electrons. The van der Waals surface area contributed by atoms with E-state index in [0.717, 1.165) is 22.3 Å². The van der Waals surface area contributed by atoms with Crippen LogP contribution in [0.1, 0.15) is 0 Å². The Balaban J connectivity index is 1.12. The molecule has 0 fully saturated rings. The summed E-state index contributed by atoms with van der Waals surface area (Å²) in [4.78, 5) is 11.9. The van der Waals surface area contributed by atoms with Gasteiger partial charge in [0.25, 0.3) is 0 Å². The third kappa shape index (κ3) is 5.20. The SMILES string of the molecule is O=C(NCCOc1ccc2ccccc2c1)NCCOc1ccc2ccccc2c1. The zero-order chi connectivity index (χ0) is 20.6. The van der Waals surface area contributed by atoms with Gasteiger partial charge in [-0.1, -0.05) is 60.7 Å². The number of carbonyl (C=O) groups excluding carboxylic acids is 1. The lowest BCUT2D eigenvalue weighted by molar-refractivity contribution is 0.232. The average molecular weight is 400 g/mol. The summed E-state index contributed by atoms with van der Waals surface area (Å²) in [5, 5.41) is 10.2. The Bertz CT molecular complexity index is 1050. The third-order valence-corrected chi connectivity index (χ3v) is 4.75. The summed E-state index contributed by atoms with van der Waals surface area (Å²) in [6.07, 6.45) is 0. The molecule has 2 amide bonds. The predicted octanol–water partition coefficient (Wildman–Crippen LogP) is 4.75. The van der Waals surface area contributed by atoms with Crippen LogP contribution in [-0.4, -0.2) is 32.3 Å². The first-order chi connectivity index (χ1) is 14.8. The molecule has 2 N–H and O–H groups in total. The van der Waals surface area contributed by atoms with Gasteiger partial charge in [0.1, 0.15) is 24.7 Å². The Kier molecular flexibility index (Phi) is 6.30. The molecule has 4 aromatic carbocycles. The van der Waals surface area contributed by atoms with Crippen molar-refractivity contribution in [3.8, 4) is 11.5 Å². The smallest absolute Gasteiger partial charge is 0.315 e. The van der Waals surface area contributed by atoms with Gasteiger partial charge in [-0.3, -0.25) is 0 Å². The van der Waals surface area contributed by atoms with Crippen molar-refractivity contribution in [1.82, 2.24) is 10.6 Å². The summed E-state index contributed by atoms with van der Waals surface area (Å²) in [5.41, 5.74) is 0. The van der Waals surface area contributed by atoms with Crippen molar-refractivity contribution in [3.63, 3.8) is 0 Å². The molecule has 0 bridgehead atoms. The highest BCUT2D eigenvalue weighted by Gasteiger charge is 2.02. The summed E-state index contributed by atoms with van der Waals surface area (Å²) < 4.78 is 11.4. The van der Waals surface area contributed by atoms with Gasteiger partial charge in [-0.2, -0.15) is 0 Å². The van der Waals surface area contributed by atoms with E-state index in [9.17, 15) is 4.79 Å². The molecule has 0 spiro atoms. The monoisotopic (exact) mass is 400 g/mol. The maximum Gasteiger partial charge on any atom is 0.315 e. The second-order valence-electron chi connectivity index (χ2n) is 6.90. The van der Waals surface area contributed by atoms with Crippen molar-refractivity contribution in [2.24, 2.45) is 0 Å². The van der Waals surface area contributed by atoms with Crippen LogP contribution in [0.5, 0.6) is 11.5 Å². The summed E-state index contributed by atoms with van der Waals surface area (Å²) >= 11 is 0. The van der Waals surface area contributed by atoms with Crippen LogP contribution in [0.3, 0.4) is 0 Å². The minimum atomic E-state index is -0.237. The van der Waals surface area contributed by atoms with E-state index in [2.05, 4.69) is 22.8 Å². The molecule has 152 valence electrons. The minimum Gasteiger partial charge on any atom is -0.492 e. The molecule has 0 aliphatic carbocycles. The number of nitrogens with one attached hydrogen (secondary N) is 2. The van der Waals surface area contributed by atoms with E-state index in [1.165, 1.54) is 10.8 Å². The third-order valence-electron chi connectivity index (χ3n) is 4.75. The van der Waals surface area contributed by atoms with Gasteiger partial charge in [-0.05, 0) is 45.8 Å². The van der Waals surface area contributed by atoms with E-state index < -0.39 is 0 Å². The zero-order valence-corrected chi connectivity index (χ0v) is 16.6. The summed E-state index contributed by atoms with van der Waals surface area (Å²) in [5.74, 6) is 1.58. The van der Waals surface area contributed by atoms with E-state index in [-0.39, 0.29) is 6.03 Å². The Labute approximate surface area is 175 Å². The largest absolute Gasteiger partial charge is 0.492 e. The zero-order valence-electron chi connectivity index (χ0n) is 16.6. The van der Waals surface area contributed by atoms with Crippen molar-refractivity contribution in [2.45, 2.75) is 0 Å². The summed E-state index contributed by atoms with van der Waals surface area (Å²) in [6, 6.07) is 27.9. The maximum absolute atomic E-state index is 11.9. The first kappa shape index (κ1) is 19.6. The molecule has 5 nitrogen and oxygen atoms in total. The molecular formula is C25H24N2O3. The fraction of sp³-hybridized carbons (Fsp3) is 0.160. The van der Waals surface area contributed by atoms with E-state index in [1.54, 1.807) is 0 Å². The van der Waals surface area contributed by atoms with Crippen molar-refractivity contribution in [2.75, 3.05) is 26.3 Å². The highest BCUT2D eigenvalue weighted by atomic mass is 16.5. The molecule has 4 aromatic rings. The number of fused-ring (bicyclic) bond motifs is 2. The highest BCUT2D eigenvalue weighted by Crippen LogP contribution is 2.21. The van der Waals surface area contributed by atoms with Crippen LogP contribution in [0, 0.1) is 0 Å². The van der Waals surface area contributed by atoms with Gasteiger partial charge < -0.3 is 20.1 Å². The fourth-order valence-corrected chi connectivity index (χ4v) is 3.24. The van der Waals surface area contributed by atoms with Crippen LogP contribution in [-0.2, 0) is 0 Å². The van der Waals surface area contributed by atoms with Crippen molar-refractivity contribution >= 4 is 27.6 Å². The maximum atomic E-state index is 11.9. The van der Waals surface area contributed by atoms with Gasteiger partial charge in [0.15, 0.2) is 0 Å². The van der Waals surface area contributed by atoms with Crippen LogP contribution in [0.25, 0.3) is 21.5 Å². The Morgan fingerprint density at radius 1 is 0.600 bits per heavy atom. The van der Waals surface area contributed by atoms with Gasteiger partial charge in [0, 0.05) is 0 Å². The summed E-state index contributed by atoms with van der Waals surface area (Å²) in [6.45, 7) is 1.65. The van der Waals surface area contributed by atoms with Gasteiger partial charge in [0.2, 0.25) is 0 Å². The average Bonchev–Trinajstić information content (AvgIpc) is 2.79. The first-order valence-corrected chi connectivity index (χ1v) is 10.0. The lowest BCUT2D eigenvalue weighted by Gasteiger charge is -2.11. The quantitative estimate of drug-likeness (QED) is 0.420. The van der Waals surface area contributed by atoms with Crippen LogP contribution in [0.15, 0.2) is 84.9 Å². The van der Waals surface area contributed by atoms with Crippen LogP contribution in [0.2, 0.25) is 0 Å². The molecule has 0 heterocycles. The molecule has 0 saturated carbocycles. The number of hydrogen-bond donors (Lipinski definition) is 2. The summed E-state index contributed by atoms with van der Waals surface area (Å²) in [7, 11) is 0. The van der Waals surface area contributed by atoms with E-state index in [4.69, 9.17) is 9.47 Å². The number of urea groups is 1. The number of benzene rings is 4. The molecule has 4 rings (SSSR count). The van der Waals surface area contributed by atoms with E-state index in [0.29, 0.717) is 26.3 Å². The standard InChI is InChI=1S/C25H24N2O3/c28-25(26-13-15-29-23-11-9-19-5-1-3-7-21(19)17-23)27-14-16-30-24-12-10-20-6-2-4-8-22(20)18-24/h1-12,17-18H,13-16H2,(H2,26,27,28). The topological polar surface area (TPSA) is 59.6 Å². The molecule has 0 unspecified atom stereocenters. The van der Waals surface area contributed by atoms with Crippen molar-refractivity contribution in [1.29, 1.82) is 0 Å².